The van der Waals surface area contributed by atoms with Crippen molar-refractivity contribution in [3.63, 3.8) is 0 Å². The minimum atomic E-state index is -0.220. The second-order valence-electron chi connectivity index (χ2n) is 5.18. The molecule has 5 nitrogen and oxygen atoms in total. The Hall–Kier alpha value is -2.53. The molecule has 0 aliphatic heterocycles. The van der Waals surface area contributed by atoms with Crippen LogP contribution in [0, 0.1) is 6.92 Å². The van der Waals surface area contributed by atoms with E-state index in [9.17, 15) is 4.79 Å². The molecule has 0 aliphatic carbocycles. The van der Waals surface area contributed by atoms with Gasteiger partial charge in [0.1, 0.15) is 11.6 Å². The lowest BCUT2D eigenvalue weighted by molar-refractivity contribution is -0.123. The molecule has 1 aromatic heterocycles. The predicted octanol–water partition coefficient (Wildman–Crippen LogP) is 3.22. The zero-order valence-electron chi connectivity index (χ0n) is 12.6. The average Bonchev–Trinajstić information content (AvgIpc) is 2.97. The molecular formula is C17H16ClN3O2. The third-order valence-corrected chi connectivity index (χ3v) is 3.81. The highest BCUT2D eigenvalue weighted by Gasteiger charge is 2.06. The number of imidazole rings is 1. The summed E-state index contributed by atoms with van der Waals surface area (Å²) in [6, 6.07) is 13.1. The molecule has 118 valence electrons. The highest BCUT2D eigenvalue weighted by molar-refractivity contribution is 6.31. The molecule has 0 saturated heterocycles. The first-order valence-electron chi connectivity index (χ1n) is 7.21. The number of aromatic nitrogens is 2. The van der Waals surface area contributed by atoms with Crippen LogP contribution in [0.3, 0.4) is 0 Å². The van der Waals surface area contributed by atoms with E-state index in [1.54, 1.807) is 12.1 Å². The lowest BCUT2D eigenvalue weighted by Crippen LogP contribution is -2.28. The van der Waals surface area contributed by atoms with Crippen molar-refractivity contribution < 1.29 is 9.53 Å². The van der Waals surface area contributed by atoms with Crippen molar-refractivity contribution in [2.75, 3.05) is 6.61 Å². The first-order valence-corrected chi connectivity index (χ1v) is 7.59. The Morgan fingerprint density at radius 3 is 2.91 bits per heavy atom. The van der Waals surface area contributed by atoms with E-state index < -0.39 is 0 Å². The number of nitrogens with zero attached hydrogens (tertiary/aromatic N) is 1. The molecule has 0 saturated carbocycles. The van der Waals surface area contributed by atoms with Crippen LogP contribution in [0.5, 0.6) is 5.75 Å². The highest BCUT2D eigenvalue weighted by Crippen LogP contribution is 2.21. The summed E-state index contributed by atoms with van der Waals surface area (Å²) < 4.78 is 5.42. The van der Waals surface area contributed by atoms with Crippen LogP contribution in [0.15, 0.2) is 42.5 Å². The Bertz CT molecular complexity index is 812. The molecule has 2 N–H and O–H groups in total. The molecule has 0 radical (unpaired) electrons. The zero-order chi connectivity index (χ0) is 16.2. The molecular weight excluding hydrogens is 314 g/mol. The molecule has 0 unspecified atom stereocenters. The predicted molar refractivity (Wildman–Crippen MR) is 89.6 cm³/mol. The molecule has 6 heteroatoms. The van der Waals surface area contributed by atoms with E-state index in [0.29, 0.717) is 23.1 Å². The second-order valence-corrected chi connectivity index (χ2v) is 5.58. The maximum Gasteiger partial charge on any atom is 0.258 e. The van der Waals surface area contributed by atoms with Gasteiger partial charge in [-0.15, -0.1) is 0 Å². The van der Waals surface area contributed by atoms with Crippen molar-refractivity contribution in [3.8, 4) is 5.75 Å². The third kappa shape index (κ3) is 3.81. The van der Waals surface area contributed by atoms with Crippen molar-refractivity contribution in [1.29, 1.82) is 0 Å². The van der Waals surface area contributed by atoms with Gasteiger partial charge >= 0.3 is 0 Å². The summed E-state index contributed by atoms with van der Waals surface area (Å²) in [6.45, 7) is 2.16. The smallest absolute Gasteiger partial charge is 0.258 e. The summed E-state index contributed by atoms with van der Waals surface area (Å²) in [6.07, 6.45) is 0. The fourth-order valence-corrected chi connectivity index (χ4v) is 2.31. The monoisotopic (exact) mass is 329 g/mol. The number of carbonyl (C=O) groups is 1. The Kier molecular flexibility index (Phi) is 4.48. The van der Waals surface area contributed by atoms with E-state index >= 15 is 0 Å². The first kappa shape index (κ1) is 15.4. The lowest BCUT2D eigenvalue weighted by Gasteiger charge is -2.07. The average molecular weight is 330 g/mol. The number of nitrogens with one attached hydrogen (secondary N) is 2. The molecule has 3 aromatic rings. The largest absolute Gasteiger partial charge is 0.484 e. The van der Waals surface area contributed by atoms with E-state index in [-0.39, 0.29) is 12.5 Å². The van der Waals surface area contributed by atoms with Crippen molar-refractivity contribution in [1.82, 2.24) is 15.3 Å². The number of carbonyl (C=O) groups excluding carboxylic acids is 1. The second kappa shape index (κ2) is 6.71. The van der Waals surface area contributed by atoms with Gasteiger partial charge in [-0.1, -0.05) is 29.8 Å². The van der Waals surface area contributed by atoms with Gasteiger partial charge in [0.15, 0.2) is 6.61 Å². The maximum absolute atomic E-state index is 11.8. The van der Waals surface area contributed by atoms with E-state index in [2.05, 4.69) is 15.3 Å². The van der Waals surface area contributed by atoms with E-state index in [4.69, 9.17) is 16.3 Å². The van der Waals surface area contributed by atoms with E-state index in [1.807, 2.05) is 37.3 Å². The van der Waals surface area contributed by atoms with Gasteiger partial charge in [-0.2, -0.15) is 0 Å². The molecule has 1 amide bonds. The normalized spacial score (nSPS) is 10.7. The van der Waals surface area contributed by atoms with Crippen LogP contribution in [0.2, 0.25) is 5.02 Å². The van der Waals surface area contributed by atoms with Gasteiger partial charge in [0.05, 0.1) is 17.6 Å². The number of ether oxygens (including phenoxy) is 1. The molecule has 0 bridgehead atoms. The molecule has 0 atom stereocenters. The molecule has 0 aliphatic rings. The Morgan fingerprint density at radius 2 is 2.13 bits per heavy atom. The summed E-state index contributed by atoms with van der Waals surface area (Å²) in [5, 5.41) is 3.38. The number of rotatable bonds is 5. The van der Waals surface area contributed by atoms with Crippen molar-refractivity contribution in [2.45, 2.75) is 13.5 Å². The van der Waals surface area contributed by atoms with Gasteiger partial charge in [0.25, 0.3) is 5.91 Å². The molecule has 3 rings (SSSR count). The summed E-state index contributed by atoms with van der Waals surface area (Å²) in [5.41, 5.74) is 2.79. The quantitative estimate of drug-likeness (QED) is 0.755. The van der Waals surface area contributed by atoms with Crippen molar-refractivity contribution in [3.05, 3.63) is 58.9 Å². The fraction of sp³-hybridized carbons (Fsp3) is 0.176. The van der Waals surface area contributed by atoms with Crippen LogP contribution >= 0.6 is 11.6 Å². The number of H-pyrrole nitrogens is 1. The Labute approximate surface area is 138 Å². The summed E-state index contributed by atoms with van der Waals surface area (Å²) >= 11 is 6.02. The van der Waals surface area contributed by atoms with Crippen molar-refractivity contribution in [2.24, 2.45) is 0 Å². The van der Waals surface area contributed by atoms with Crippen LogP contribution in [0.1, 0.15) is 11.4 Å². The Morgan fingerprint density at radius 1 is 1.30 bits per heavy atom. The number of aromatic amines is 1. The van der Waals surface area contributed by atoms with Crippen LogP contribution in [0.4, 0.5) is 0 Å². The van der Waals surface area contributed by atoms with E-state index in [0.717, 1.165) is 16.6 Å². The van der Waals surface area contributed by atoms with E-state index in [1.165, 1.54) is 0 Å². The number of hydrogen-bond donors (Lipinski definition) is 2. The summed E-state index contributed by atoms with van der Waals surface area (Å²) in [7, 11) is 0. The van der Waals surface area contributed by atoms with Gasteiger partial charge in [-0.05, 0) is 36.8 Å². The van der Waals surface area contributed by atoms with Gasteiger partial charge < -0.3 is 15.0 Å². The summed E-state index contributed by atoms with van der Waals surface area (Å²) in [5.74, 6) is 1.06. The molecule has 1 heterocycles. The molecule has 0 spiro atoms. The van der Waals surface area contributed by atoms with Crippen molar-refractivity contribution >= 4 is 28.5 Å². The molecule has 2 aromatic carbocycles. The third-order valence-electron chi connectivity index (χ3n) is 3.40. The number of fused-ring (bicyclic) bond motifs is 1. The molecule has 0 fully saturated rings. The van der Waals surface area contributed by atoms with Crippen LogP contribution in [0.25, 0.3) is 11.0 Å². The van der Waals surface area contributed by atoms with Gasteiger partial charge in [-0.3, -0.25) is 4.79 Å². The fourth-order valence-electron chi connectivity index (χ4n) is 2.13. The Balaban J connectivity index is 1.52. The number of hydrogen-bond acceptors (Lipinski definition) is 3. The van der Waals surface area contributed by atoms with Gasteiger partial charge in [0.2, 0.25) is 0 Å². The van der Waals surface area contributed by atoms with Crippen LogP contribution in [-0.2, 0) is 11.3 Å². The minimum absolute atomic E-state index is 0.0698. The van der Waals surface area contributed by atoms with Gasteiger partial charge in [0, 0.05) is 5.02 Å². The lowest BCUT2D eigenvalue weighted by atomic mass is 10.2. The number of amides is 1. The zero-order valence-corrected chi connectivity index (χ0v) is 13.4. The topological polar surface area (TPSA) is 67.0 Å². The SMILES string of the molecule is Cc1ccc(OCC(=O)NCc2nc3ccccc3[nH]2)cc1Cl. The van der Waals surface area contributed by atoms with Crippen LogP contribution < -0.4 is 10.1 Å². The highest BCUT2D eigenvalue weighted by atomic mass is 35.5. The van der Waals surface area contributed by atoms with Gasteiger partial charge in [-0.25, -0.2) is 4.98 Å². The molecule has 23 heavy (non-hydrogen) atoms. The summed E-state index contributed by atoms with van der Waals surface area (Å²) in [4.78, 5) is 19.4. The number of aryl methyl sites for hydroxylation is 1. The minimum Gasteiger partial charge on any atom is -0.484 e. The number of para-hydroxylation sites is 2. The number of halogens is 1. The standard InChI is InChI=1S/C17H16ClN3O2/c1-11-6-7-12(8-13(11)18)23-10-17(22)19-9-16-20-14-4-2-3-5-15(14)21-16/h2-8H,9-10H2,1H3,(H,19,22)(H,20,21). The first-order chi connectivity index (χ1) is 11.1. The maximum atomic E-state index is 11.8. The van der Waals surface area contributed by atoms with Crippen LogP contribution in [-0.4, -0.2) is 22.5 Å². The number of benzene rings is 2.